The molecule has 2 aliphatic heterocycles. The van der Waals surface area contributed by atoms with E-state index in [0.717, 1.165) is 25.9 Å². The largest absolute Gasteiger partial charge is 0.486 e. The molecule has 1 saturated heterocycles. The number of rotatable bonds is 5. The van der Waals surface area contributed by atoms with E-state index in [1.165, 1.54) is 17.8 Å². The lowest BCUT2D eigenvalue weighted by atomic mass is 9.91. The van der Waals surface area contributed by atoms with E-state index in [-0.39, 0.29) is 17.4 Å². The Kier molecular flexibility index (Phi) is 6.70. The molecule has 1 aromatic carbocycles. The molecule has 0 radical (unpaired) electrons. The number of aromatic nitrogens is 3. The molecular weight excluding hydrogens is 457 g/mol. The first-order valence-corrected chi connectivity index (χ1v) is 12.3. The molecule has 0 aliphatic carbocycles. The monoisotopic (exact) mass is 487 g/mol. The molecule has 5 rings (SSSR count). The van der Waals surface area contributed by atoms with E-state index >= 15 is 4.39 Å². The first-order chi connectivity index (χ1) is 17.4. The maximum Gasteiger partial charge on any atom is 0.228 e. The summed E-state index contributed by atoms with van der Waals surface area (Å²) in [6.07, 6.45) is 5.61. The summed E-state index contributed by atoms with van der Waals surface area (Å²) in [5, 5.41) is 12.8. The number of nitriles is 1. The summed E-state index contributed by atoms with van der Waals surface area (Å²) in [4.78, 5) is 17.9. The molecule has 186 valence electrons. The molecule has 2 aliphatic rings. The quantitative estimate of drug-likeness (QED) is 0.553. The Morgan fingerprint density at radius 3 is 2.64 bits per heavy atom. The fraction of sp³-hybridized carbons (Fsp3) is 0.407. The molecule has 2 aromatic heterocycles. The van der Waals surface area contributed by atoms with Gasteiger partial charge in [-0.3, -0.25) is 0 Å². The lowest BCUT2D eigenvalue weighted by Gasteiger charge is -2.34. The third kappa shape index (κ3) is 4.82. The molecule has 0 spiro atoms. The van der Waals surface area contributed by atoms with E-state index in [2.05, 4.69) is 63.1 Å². The van der Waals surface area contributed by atoms with Gasteiger partial charge in [-0.25, -0.2) is 19.3 Å². The number of pyridine rings is 1. The number of ether oxygens (including phenoxy) is 1. The third-order valence-electron chi connectivity index (χ3n) is 6.93. The van der Waals surface area contributed by atoms with E-state index < -0.39 is 5.82 Å². The summed E-state index contributed by atoms with van der Waals surface area (Å²) in [7, 11) is 2.15. The predicted octanol–water partition coefficient (Wildman–Crippen LogP) is 4.71. The molecular formula is C27H30FN7O. The van der Waals surface area contributed by atoms with Gasteiger partial charge in [0.25, 0.3) is 0 Å². The van der Waals surface area contributed by atoms with Gasteiger partial charge in [0.1, 0.15) is 18.5 Å². The van der Waals surface area contributed by atoms with E-state index in [4.69, 9.17) is 4.74 Å². The van der Waals surface area contributed by atoms with Crippen LogP contribution in [0.15, 0.2) is 36.7 Å². The number of anilines is 3. The van der Waals surface area contributed by atoms with Gasteiger partial charge in [-0.15, -0.1) is 0 Å². The van der Waals surface area contributed by atoms with Crippen LogP contribution >= 0.6 is 0 Å². The molecule has 0 amide bonds. The molecule has 1 fully saturated rings. The first kappa shape index (κ1) is 23.9. The zero-order valence-electron chi connectivity index (χ0n) is 20.8. The van der Waals surface area contributed by atoms with Gasteiger partial charge in [-0.2, -0.15) is 5.26 Å². The van der Waals surface area contributed by atoms with Gasteiger partial charge in [0.2, 0.25) is 5.95 Å². The number of fused-ring (bicyclic) bond motifs is 1. The minimum absolute atomic E-state index is 0.170. The molecule has 1 N–H and O–H groups in total. The number of benzene rings is 1. The summed E-state index contributed by atoms with van der Waals surface area (Å²) in [6.45, 7) is 7.38. The van der Waals surface area contributed by atoms with Gasteiger partial charge in [0.15, 0.2) is 11.6 Å². The zero-order chi connectivity index (χ0) is 25.2. The number of piperidine rings is 1. The van der Waals surface area contributed by atoms with Crippen LogP contribution in [0.2, 0.25) is 0 Å². The number of nitrogens with zero attached hydrogens (tertiary/aromatic N) is 6. The number of hydrogen-bond acceptors (Lipinski definition) is 8. The Morgan fingerprint density at radius 1 is 1.14 bits per heavy atom. The average Bonchev–Trinajstić information content (AvgIpc) is 2.89. The third-order valence-corrected chi connectivity index (χ3v) is 6.93. The smallest absolute Gasteiger partial charge is 0.228 e. The number of halogens is 1. The van der Waals surface area contributed by atoms with Crippen molar-refractivity contribution < 1.29 is 9.13 Å². The van der Waals surface area contributed by atoms with Gasteiger partial charge in [0.05, 0.1) is 29.7 Å². The minimum Gasteiger partial charge on any atom is -0.486 e. The molecule has 8 nitrogen and oxygen atoms in total. The average molecular weight is 488 g/mol. The fourth-order valence-electron chi connectivity index (χ4n) is 4.90. The van der Waals surface area contributed by atoms with Crippen LogP contribution in [0.25, 0.3) is 11.3 Å². The van der Waals surface area contributed by atoms with Crippen LogP contribution in [0.1, 0.15) is 43.7 Å². The molecule has 0 atom stereocenters. The zero-order valence-corrected chi connectivity index (χ0v) is 20.8. The predicted molar refractivity (Wildman–Crippen MR) is 137 cm³/mol. The van der Waals surface area contributed by atoms with E-state index in [0.29, 0.717) is 47.8 Å². The van der Waals surface area contributed by atoms with Crippen LogP contribution in [0.3, 0.4) is 0 Å². The van der Waals surface area contributed by atoms with Gasteiger partial charge < -0.3 is 19.9 Å². The molecule has 0 saturated carbocycles. The summed E-state index contributed by atoms with van der Waals surface area (Å²) in [5.74, 6) is 1.18. The molecule has 36 heavy (non-hydrogen) atoms. The Morgan fingerprint density at radius 2 is 1.94 bits per heavy atom. The second kappa shape index (κ2) is 10.1. The minimum atomic E-state index is -0.476. The van der Waals surface area contributed by atoms with Crippen molar-refractivity contribution in [3.63, 3.8) is 0 Å². The summed E-state index contributed by atoms with van der Waals surface area (Å²) < 4.78 is 20.6. The second-order valence-electron chi connectivity index (χ2n) is 9.69. The molecule has 0 unspecified atom stereocenters. The summed E-state index contributed by atoms with van der Waals surface area (Å²) >= 11 is 0. The fourth-order valence-corrected chi connectivity index (χ4v) is 4.90. The van der Waals surface area contributed by atoms with Crippen LogP contribution in [0, 0.1) is 17.1 Å². The van der Waals surface area contributed by atoms with Crippen LogP contribution in [0.5, 0.6) is 5.75 Å². The molecule has 9 heteroatoms. The van der Waals surface area contributed by atoms with Crippen molar-refractivity contribution in [3.8, 4) is 23.1 Å². The highest BCUT2D eigenvalue weighted by atomic mass is 19.1. The standard InChI is InChI=1S/C27H30FN7O/c1-17(2)35-10-11-36-26-22(28)12-20(13-23(26)35)25-21(14-29)16-31-27(33-25)32-24-5-4-19(15-30-24)18-6-8-34(3)9-7-18/h4-5,12-13,15-18H,6-11H2,1-3H3,(H,30,31,32,33). The summed E-state index contributed by atoms with van der Waals surface area (Å²) in [6, 6.07) is 9.51. The van der Waals surface area contributed by atoms with Gasteiger partial charge in [-0.05, 0) is 76.5 Å². The summed E-state index contributed by atoms with van der Waals surface area (Å²) in [5.41, 5.74) is 3.01. The maximum atomic E-state index is 15.0. The van der Waals surface area contributed by atoms with Crippen molar-refractivity contribution in [2.45, 2.75) is 38.6 Å². The Balaban J connectivity index is 1.42. The Bertz CT molecular complexity index is 1280. The lowest BCUT2D eigenvalue weighted by molar-refractivity contribution is 0.255. The van der Waals surface area contributed by atoms with Crippen molar-refractivity contribution in [3.05, 3.63) is 53.6 Å². The molecule has 3 aromatic rings. The lowest BCUT2D eigenvalue weighted by Crippen LogP contribution is -2.38. The van der Waals surface area contributed by atoms with Crippen LogP contribution in [-0.2, 0) is 0 Å². The Hall–Kier alpha value is -3.77. The van der Waals surface area contributed by atoms with Crippen molar-refractivity contribution in [1.29, 1.82) is 5.26 Å². The maximum absolute atomic E-state index is 15.0. The van der Waals surface area contributed by atoms with Gasteiger partial charge in [0, 0.05) is 17.8 Å². The number of likely N-dealkylation sites (tertiary alicyclic amines) is 1. The van der Waals surface area contributed by atoms with Crippen LogP contribution < -0.4 is 15.0 Å². The van der Waals surface area contributed by atoms with Crippen molar-refractivity contribution in [2.75, 3.05) is 43.5 Å². The topological polar surface area (TPSA) is 90.2 Å². The highest BCUT2D eigenvalue weighted by Gasteiger charge is 2.26. The van der Waals surface area contributed by atoms with Crippen molar-refractivity contribution >= 4 is 17.5 Å². The highest BCUT2D eigenvalue weighted by molar-refractivity contribution is 5.75. The number of hydrogen-bond donors (Lipinski definition) is 1. The van der Waals surface area contributed by atoms with Crippen molar-refractivity contribution in [1.82, 2.24) is 19.9 Å². The second-order valence-corrected chi connectivity index (χ2v) is 9.69. The van der Waals surface area contributed by atoms with E-state index in [1.54, 1.807) is 0 Å². The molecule has 4 heterocycles. The highest BCUT2D eigenvalue weighted by Crippen LogP contribution is 2.39. The normalized spacial score (nSPS) is 16.4. The van der Waals surface area contributed by atoms with E-state index in [9.17, 15) is 5.26 Å². The van der Waals surface area contributed by atoms with Gasteiger partial charge in [-0.1, -0.05) is 6.07 Å². The number of nitrogens with one attached hydrogen (secondary N) is 1. The van der Waals surface area contributed by atoms with Crippen molar-refractivity contribution in [2.24, 2.45) is 0 Å². The SMILES string of the molecule is CC(C)N1CCOc2c(F)cc(-c3nc(Nc4ccc(C5CCN(C)CC5)cn4)ncc3C#N)cc21. The Labute approximate surface area is 210 Å². The first-order valence-electron chi connectivity index (χ1n) is 12.3. The van der Waals surface area contributed by atoms with Crippen LogP contribution in [-0.4, -0.2) is 59.2 Å². The van der Waals surface area contributed by atoms with E-state index in [1.807, 2.05) is 18.3 Å². The van der Waals surface area contributed by atoms with Crippen LogP contribution in [0.4, 0.5) is 21.8 Å². The van der Waals surface area contributed by atoms with Gasteiger partial charge >= 0.3 is 0 Å². The molecule has 0 bridgehead atoms.